The van der Waals surface area contributed by atoms with Gasteiger partial charge in [-0.25, -0.2) is 0 Å². The molecule has 74 valence electrons. The van der Waals surface area contributed by atoms with Crippen LogP contribution in [0.1, 0.15) is 19.3 Å². The third kappa shape index (κ3) is 3.19. The lowest BCUT2D eigenvalue weighted by Gasteiger charge is -2.30. The van der Waals surface area contributed by atoms with Crippen LogP contribution < -0.4 is 5.32 Å². The molecule has 0 aromatic heterocycles. The fraction of sp³-hybridized carbons (Fsp3) is 0.700. The first kappa shape index (κ1) is 10.3. The summed E-state index contributed by atoms with van der Waals surface area (Å²) in [4.78, 5) is 13.0. The van der Waals surface area contributed by atoms with Gasteiger partial charge >= 0.3 is 0 Å². The third-order valence-corrected chi connectivity index (χ3v) is 2.41. The summed E-state index contributed by atoms with van der Waals surface area (Å²) in [5.74, 6) is 0.266. The highest BCUT2D eigenvalue weighted by Crippen LogP contribution is 2.09. The lowest BCUT2D eigenvalue weighted by atomic mass is 10.1. The van der Waals surface area contributed by atoms with Crippen molar-refractivity contribution in [2.75, 3.05) is 20.1 Å². The second-order valence-electron chi connectivity index (χ2n) is 3.54. The number of hydrogen-bond donors (Lipinski definition) is 1. The molecule has 13 heavy (non-hydrogen) atoms. The Balaban J connectivity index is 2.21. The number of piperidine rings is 1. The molecule has 0 aliphatic carbocycles. The summed E-state index contributed by atoms with van der Waals surface area (Å²) in [5, 5.41) is 3.41. The molecule has 0 aromatic rings. The SMILES string of the molecule is C=CCCNC1CCC(=O)N(C)C1. The lowest BCUT2D eigenvalue weighted by Crippen LogP contribution is -2.46. The van der Waals surface area contributed by atoms with Crippen LogP contribution in [0.3, 0.4) is 0 Å². The summed E-state index contributed by atoms with van der Waals surface area (Å²) in [7, 11) is 1.86. The number of hydrogen-bond acceptors (Lipinski definition) is 2. The van der Waals surface area contributed by atoms with Crippen LogP contribution in [0.25, 0.3) is 0 Å². The van der Waals surface area contributed by atoms with E-state index in [1.54, 1.807) is 4.90 Å². The number of carbonyl (C=O) groups excluding carboxylic acids is 1. The normalized spacial score (nSPS) is 23.3. The molecule has 1 aliphatic heterocycles. The fourth-order valence-electron chi connectivity index (χ4n) is 1.57. The van der Waals surface area contributed by atoms with Gasteiger partial charge in [-0.3, -0.25) is 4.79 Å². The van der Waals surface area contributed by atoms with Gasteiger partial charge in [-0.15, -0.1) is 6.58 Å². The zero-order valence-electron chi connectivity index (χ0n) is 8.25. The summed E-state index contributed by atoms with van der Waals surface area (Å²) in [6.07, 6.45) is 4.56. The molecule has 0 radical (unpaired) electrons. The summed E-state index contributed by atoms with van der Waals surface area (Å²) in [5.41, 5.74) is 0. The summed E-state index contributed by atoms with van der Waals surface area (Å²) in [6.45, 7) is 5.48. The summed E-state index contributed by atoms with van der Waals surface area (Å²) >= 11 is 0. The Labute approximate surface area is 79.8 Å². The van der Waals surface area contributed by atoms with Gasteiger partial charge in [0.15, 0.2) is 0 Å². The number of carbonyl (C=O) groups is 1. The highest BCUT2D eigenvalue weighted by molar-refractivity contribution is 5.76. The van der Waals surface area contributed by atoms with Crippen molar-refractivity contribution in [2.24, 2.45) is 0 Å². The molecule has 0 aromatic carbocycles. The minimum absolute atomic E-state index is 0.266. The number of amides is 1. The molecule has 1 N–H and O–H groups in total. The Morgan fingerprint density at radius 2 is 2.54 bits per heavy atom. The molecular formula is C10H18N2O. The molecular weight excluding hydrogens is 164 g/mol. The second kappa shape index (κ2) is 5.02. The van der Waals surface area contributed by atoms with Gasteiger partial charge in [0.2, 0.25) is 5.91 Å². The Kier molecular flexibility index (Phi) is 3.96. The smallest absolute Gasteiger partial charge is 0.222 e. The molecule has 3 heteroatoms. The van der Waals surface area contributed by atoms with Gasteiger partial charge in [-0.1, -0.05) is 6.08 Å². The molecule has 1 fully saturated rings. The molecule has 0 saturated carbocycles. The Hall–Kier alpha value is -0.830. The van der Waals surface area contributed by atoms with Crippen LogP contribution in [0, 0.1) is 0 Å². The van der Waals surface area contributed by atoms with Gasteiger partial charge in [0.05, 0.1) is 0 Å². The maximum atomic E-state index is 11.2. The highest BCUT2D eigenvalue weighted by atomic mass is 16.2. The van der Waals surface area contributed by atoms with Crippen molar-refractivity contribution in [2.45, 2.75) is 25.3 Å². The molecule has 1 amide bonds. The van der Waals surface area contributed by atoms with Crippen LogP contribution in [0.5, 0.6) is 0 Å². The van der Waals surface area contributed by atoms with E-state index < -0.39 is 0 Å². The highest BCUT2D eigenvalue weighted by Gasteiger charge is 2.21. The first-order valence-corrected chi connectivity index (χ1v) is 4.82. The largest absolute Gasteiger partial charge is 0.344 e. The Bertz CT molecular complexity index is 191. The average Bonchev–Trinajstić information content (AvgIpc) is 2.12. The van der Waals surface area contributed by atoms with Crippen molar-refractivity contribution in [3.05, 3.63) is 12.7 Å². The molecule has 1 atom stereocenters. The van der Waals surface area contributed by atoms with Gasteiger partial charge in [-0.2, -0.15) is 0 Å². The number of nitrogens with one attached hydrogen (secondary N) is 1. The van der Waals surface area contributed by atoms with Crippen LogP contribution in [-0.2, 0) is 4.79 Å². The number of likely N-dealkylation sites (N-methyl/N-ethyl adjacent to an activating group) is 1. The summed E-state index contributed by atoms with van der Waals surface area (Å²) < 4.78 is 0. The Morgan fingerprint density at radius 1 is 1.77 bits per heavy atom. The monoisotopic (exact) mass is 182 g/mol. The molecule has 1 saturated heterocycles. The van der Waals surface area contributed by atoms with Crippen molar-refractivity contribution < 1.29 is 4.79 Å². The van der Waals surface area contributed by atoms with Crippen molar-refractivity contribution in [1.29, 1.82) is 0 Å². The van der Waals surface area contributed by atoms with E-state index in [0.29, 0.717) is 12.5 Å². The maximum Gasteiger partial charge on any atom is 0.222 e. The van der Waals surface area contributed by atoms with Gasteiger partial charge < -0.3 is 10.2 Å². The zero-order chi connectivity index (χ0) is 9.68. The van der Waals surface area contributed by atoms with Gasteiger partial charge in [0, 0.05) is 26.1 Å². The molecule has 1 aliphatic rings. The number of likely N-dealkylation sites (tertiary alicyclic amines) is 1. The maximum absolute atomic E-state index is 11.2. The molecule has 3 nitrogen and oxygen atoms in total. The summed E-state index contributed by atoms with van der Waals surface area (Å²) in [6, 6.07) is 0.475. The van der Waals surface area contributed by atoms with E-state index in [9.17, 15) is 4.79 Å². The van der Waals surface area contributed by atoms with Crippen molar-refractivity contribution in [1.82, 2.24) is 10.2 Å². The first-order chi connectivity index (χ1) is 6.24. The predicted molar refractivity (Wildman–Crippen MR) is 53.5 cm³/mol. The number of nitrogens with zero attached hydrogens (tertiary/aromatic N) is 1. The van der Waals surface area contributed by atoms with E-state index in [-0.39, 0.29) is 5.91 Å². The van der Waals surface area contributed by atoms with E-state index in [2.05, 4.69) is 11.9 Å². The zero-order valence-corrected chi connectivity index (χ0v) is 8.25. The second-order valence-corrected chi connectivity index (χ2v) is 3.54. The minimum atomic E-state index is 0.266. The van der Waals surface area contributed by atoms with E-state index in [1.165, 1.54) is 0 Å². The average molecular weight is 182 g/mol. The molecule has 1 rings (SSSR count). The topological polar surface area (TPSA) is 32.3 Å². The van der Waals surface area contributed by atoms with E-state index >= 15 is 0 Å². The fourth-order valence-corrected chi connectivity index (χ4v) is 1.57. The van der Waals surface area contributed by atoms with Gasteiger partial charge in [-0.05, 0) is 19.4 Å². The predicted octanol–water partition coefficient (Wildman–Crippen LogP) is 0.773. The van der Waals surface area contributed by atoms with Crippen LogP contribution in [0.15, 0.2) is 12.7 Å². The lowest BCUT2D eigenvalue weighted by molar-refractivity contribution is -0.132. The number of rotatable bonds is 4. The van der Waals surface area contributed by atoms with E-state index in [0.717, 1.165) is 25.9 Å². The van der Waals surface area contributed by atoms with Gasteiger partial charge in [0.1, 0.15) is 0 Å². The molecule has 0 spiro atoms. The third-order valence-electron chi connectivity index (χ3n) is 2.41. The van der Waals surface area contributed by atoms with Crippen LogP contribution in [-0.4, -0.2) is 37.0 Å². The van der Waals surface area contributed by atoms with Crippen LogP contribution in [0.4, 0.5) is 0 Å². The minimum Gasteiger partial charge on any atom is -0.344 e. The van der Waals surface area contributed by atoms with E-state index in [4.69, 9.17) is 0 Å². The van der Waals surface area contributed by atoms with E-state index in [1.807, 2.05) is 13.1 Å². The van der Waals surface area contributed by atoms with Crippen molar-refractivity contribution in [3.8, 4) is 0 Å². The van der Waals surface area contributed by atoms with Gasteiger partial charge in [0.25, 0.3) is 0 Å². The quantitative estimate of drug-likeness (QED) is 0.514. The Morgan fingerprint density at radius 3 is 3.15 bits per heavy atom. The molecule has 1 heterocycles. The van der Waals surface area contributed by atoms with Crippen molar-refractivity contribution in [3.63, 3.8) is 0 Å². The van der Waals surface area contributed by atoms with Crippen LogP contribution in [0.2, 0.25) is 0 Å². The molecule has 0 bridgehead atoms. The van der Waals surface area contributed by atoms with Crippen molar-refractivity contribution >= 4 is 5.91 Å². The van der Waals surface area contributed by atoms with Crippen LogP contribution >= 0.6 is 0 Å². The standard InChI is InChI=1S/C10H18N2O/c1-3-4-7-11-9-5-6-10(13)12(2)8-9/h3,9,11H,1,4-8H2,2H3. The first-order valence-electron chi connectivity index (χ1n) is 4.82. The molecule has 1 unspecified atom stereocenters.